The fourth-order valence-corrected chi connectivity index (χ4v) is 1.03. The van der Waals surface area contributed by atoms with Gasteiger partial charge in [-0.15, -0.1) is 0 Å². The maximum Gasteiger partial charge on any atom is 0.158 e. The molecule has 1 rings (SSSR count). The van der Waals surface area contributed by atoms with E-state index in [0.29, 0.717) is 0 Å². The van der Waals surface area contributed by atoms with E-state index >= 15 is 0 Å². The first-order valence-corrected chi connectivity index (χ1v) is 4.03. The molecule has 1 aromatic carbocycles. The minimum Gasteiger partial charge on any atom is -0.212 e. The smallest absolute Gasteiger partial charge is 0.158 e. The van der Waals surface area contributed by atoms with Crippen molar-refractivity contribution in [2.45, 2.75) is 0 Å². The van der Waals surface area contributed by atoms with E-state index in [4.69, 9.17) is 0 Å². The highest BCUT2D eigenvalue weighted by Crippen LogP contribution is 2.16. The molecular weight excluding hydrogens is 261 g/mol. The van der Waals surface area contributed by atoms with Gasteiger partial charge in [0.1, 0.15) is 6.33 Å². The van der Waals surface area contributed by atoms with Crippen molar-refractivity contribution in [2.24, 2.45) is 0 Å². The fraction of sp³-hybridized carbons (Fsp3) is 0. The van der Waals surface area contributed by atoms with Crippen LogP contribution in [0.5, 0.6) is 0 Å². The Labute approximate surface area is 77.1 Å². The van der Waals surface area contributed by atoms with Crippen molar-refractivity contribution in [3.8, 4) is 0 Å². The fourth-order valence-electron chi connectivity index (χ4n) is 0.672. The highest BCUT2D eigenvalue weighted by atomic mass is 127. The maximum atomic E-state index is 12.5. The van der Waals surface area contributed by atoms with Crippen LogP contribution in [0.3, 0.4) is 0 Å². The molecule has 11 heavy (non-hydrogen) atoms. The van der Waals surface area contributed by atoms with E-state index in [1.54, 1.807) is 12.1 Å². The summed E-state index contributed by atoms with van der Waals surface area (Å²) in [4.78, 5) is 0. The average molecular weight is 266 g/mol. The summed E-state index contributed by atoms with van der Waals surface area (Å²) in [6, 6.07) is 6.51. The van der Waals surface area contributed by atoms with E-state index in [9.17, 15) is 8.78 Å². The molecule has 0 radical (unpaired) electrons. The highest BCUT2D eigenvalue weighted by molar-refractivity contribution is 14.1. The minimum absolute atomic E-state index is 0.0395. The summed E-state index contributed by atoms with van der Waals surface area (Å²) in [6.45, 7) is 0. The van der Waals surface area contributed by atoms with Crippen LogP contribution in [-0.2, 0) is 0 Å². The van der Waals surface area contributed by atoms with E-state index in [0.717, 1.165) is 3.57 Å². The molecule has 0 saturated carbocycles. The molecule has 0 fully saturated rings. The molecule has 0 aromatic heterocycles. The van der Waals surface area contributed by atoms with Gasteiger partial charge in [-0.25, -0.2) is 8.78 Å². The predicted molar refractivity (Wildman–Crippen MR) is 49.4 cm³/mol. The molecule has 0 atom stereocenters. The van der Waals surface area contributed by atoms with E-state index < -0.39 is 5.83 Å². The summed E-state index contributed by atoms with van der Waals surface area (Å²) in [5.41, 5.74) is 0.271. The maximum absolute atomic E-state index is 12.5. The average Bonchev–Trinajstić information content (AvgIpc) is 2.05. The molecule has 0 aliphatic rings. The van der Waals surface area contributed by atoms with Crippen LogP contribution in [0.25, 0.3) is 5.83 Å². The Balaban J connectivity index is 2.99. The van der Waals surface area contributed by atoms with Crippen LogP contribution in [0.15, 0.2) is 30.6 Å². The Morgan fingerprint density at radius 3 is 2.27 bits per heavy atom. The summed E-state index contributed by atoms with van der Waals surface area (Å²) in [5, 5.41) is 0. The highest BCUT2D eigenvalue weighted by Gasteiger charge is 1.97. The Morgan fingerprint density at radius 1 is 1.27 bits per heavy atom. The summed E-state index contributed by atoms with van der Waals surface area (Å²) in [7, 11) is 0. The van der Waals surface area contributed by atoms with Crippen molar-refractivity contribution in [2.75, 3.05) is 0 Å². The number of hydrogen-bond donors (Lipinski definition) is 0. The van der Waals surface area contributed by atoms with Crippen molar-refractivity contribution in [1.82, 2.24) is 0 Å². The predicted octanol–water partition coefficient (Wildman–Crippen LogP) is 3.53. The molecule has 0 amide bonds. The summed E-state index contributed by atoms with van der Waals surface area (Å²) < 4.78 is 25.1. The Hall–Kier alpha value is -0.450. The van der Waals surface area contributed by atoms with Gasteiger partial charge in [-0.2, -0.15) is 0 Å². The summed E-state index contributed by atoms with van der Waals surface area (Å²) in [6.07, 6.45) is -0.0395. The van der Waals surface area contributed by atoms with E-state index in [-0.39, 0.29) is 11.9 Å². The van der Waals surface area contributed by atoms with Crippen LogP contribution < -0.4 is 0 Å². The number of benzene rings is 1. The topological polar surface area (TPSA) is 0 Å². The third-order valence-electron chi connectivity index (χ3n) is 1.22. The number of halogens is 3. The van der Waals surface area contributed by atoms with Crippen LogP contribution in [0.4, 0.5) is 8.78 Å². The van der Waals surface area contributed by atoms with E-state index in [2.05, 4.69) is 22.6 Å². The Kier molecular flexibility index (Phi) is 2.99. The molecular formula is C8H5F2I. The lowest BCUT2D eigenvalue weighted by atomic mass is 10.2. The zero-order valence-electron chi connectivity index (χ0n) is 5.52. The van der Waals surface area contributed by atoms with Crippen LogP contribution >= 0.6 is 22.6 Å². The molecule has 0 unspecified atom stereocenters. The molecule has 0 saturated heterocycles. The van der Waals surface area contributed by atoms with E-state index in [1.165, 1.54) is 12.1 Å². The molecule has 3 heteroatoms. The molecule has 1 aromatic rings. The lowest BCUT2D eigenvalue weighted by Gasteiger charge is -1.94. The van der Waals surface area contributed by atoms with Gasteiger partial charge in [-0.3, -0.25) is 0 Å². The lowest BCUT2D eigenvalue weighted by Crippen LogP contribution is -1.76. The van der Waals surface area contributed by atoms with Crippen LogP contribution in [0.1, 0.15) is 5.56 Å². The largest absolute Gasteiger partial charge is 0.212 e. The summed E-state index contributed by atoms with van der Waals surface area (Å²) >= 11 is 2.10. The minimum atomic E-state index is -0.832. The van der Waals surface area contributed by atoms with Gasteiger partial charge >= 0.3 is 0 Å². The van der Waals surface area contributed by atoms with Gasteiger partial charge in [0.25, 0.3) is 0 Å². The zero-order chi connectivity index (χ0) is 8.27. The third kappa shape index (κ3) is 2.25. The van der Waals surface area contributed by atoms with Crippen molar-refractivity contribution in [1.29, 1.82) is 0 Å². The second kappa shape index (κ2) is 3.80. The number of hydrogen-bond acceptors (Lipinski definition) is 0. The monoisotopic (exact) mass is 266 g/mol. The molecule has 0 heterocycles. The molecule has 0 bridgehead atoms. The van der Waals surface area contributed by atoms with Gasteiger partial charge in [0, 0.05) is 9.13 Å². The zero-order valence-corrected chi connectivity index (χ0v) is 7.68. The Bertz CT molecular complexity index is 264. The molecule has 0 nitrogen and oxygen atoms in total. The SMILES string of the molecule is F/C=C(/F)c1ccc(I)cc1. The molecule has 0 aliphatic carbocycles. The van der Waals surface area contributed by atoms with Crippen LogP contribution in [0.2, 0.25) is 0 Å². The second-order valence-corrected chi connectivity index (χ2v) is 3.21. The lowest BCUT2D eigenvalue weighted by molar-refractivity contribution is 0.671. The standard InChI is InChI=1S/C8H5F2I/c9-5-8(10)6-1-3-7(11)4-2-6/h1-5H/b8-5+. The van der Waals surface area contributed by atoms with Crippen LogP contribution in [-0.4, -0.2) is 0 Å². The van der Waals surface area contributed by atoms with Crippen molar-refractivity contribution < 1.29 is 8.78 Å². The van der Waals surface area contributed by atoms with Gasteiger partial charge in [0.15, 0.2) is 5.83 Å². The van der Waals surface area contributed by atoms with Crippen molar-refractivity contribution in [3.05, 3.63) is 39.7 Å². The Morgan fingerprint density at radius 2 is 1.82 bits per heavy atom. The molecule has 58 valence electrons. The van der Waals surface area contributed by atoms with Crippen molar-refractivity contribution in [3.63, 3.8) is 0 Å². The van der Waals surface area contributed by atoms with Crippen LogP contribution in [0, 0.1) is 3.57 Å². The normalized spacial score (nSPS) is 11.7. The number of rotatable bonds is 1. The van der Waals surface area contributed by atoms with Gasteiger partial charge in [-0.1, -0.05) is 12.1 Å². The second-order valence-electron chi connectivity index (χ2n) is 1.96. The molecule has 0 N–H and O–H groups in total. The van der Waals surface area contributed by atoms with Gasteiger partial charge in [0.2, 0.25) is 0 Å². The summed E-state index contributed by atoms with van der Waals surface area (Å²) in [5.74, 6) is -0.832. The molecule has 0 aliphatic heterocycles. The van der Waals surface area contributed by atoms with Gasteiger partial charge in [-0.05, 0) is 34.7 Å². The first kappa shape index (κ1) is 8.64. The third-order valence-corrected chi connectivity index (χ3v) is 1.93. The van der Waals surface area contributed by atoms with Gasteiger partial charge in [0.05, 0.1) is 0 Å². The quantitative estimate of drug-likeness (QED) is 0.682. The first-order chi connectivity index (χ1) is 5.24. The van der Waals surface area contributed by atoms with Gasteiger partial charge < -0.3 is 0 Å². The molecule has 0 spiro atoms. The first-order valence-electron chi connectivity index (χ1n) is 2.96. The van der Waals surface area contributed by atoms with E-state index in [1.807, 2.05) is 0 Å². The van der Waals surface area contributed by atoms with Crippen molar-refractivity contribution >= 4 is 28.4 Å².